The molecular weight excluding hydrogens is 266 g/mol. The molecule has 1 rings (SSSR count). The maximum atomic E-state index is 11.6. The van der Waals surface area contributed by atoms with Crippen LogP contribution in [-0.2, 0) is 22.4 Å². The summed E-state index contributed by atoms with van der Waals surface area (Å²) < 4.78 is 5.04. The summed E-state index contributed by atoms with van der Waals surface area (Å²) in [7, 11) is 0. The van der Waals surface area contributed by atoms with Crippen LogP contribution in [0.3, 0.4) is 0 Å². The molecular formula is C12H21N3O3S. The van der Waals surface area contributed by atoms with Crippen LogP contribution >= 0.6 is 11.3 Å². The first kappa shape index (κ1) is 16.0. The van der Waals surface area contributed by atoms with E-state index in [2.05, 4.69) is 10.3 Å². The quantitative estimate of drug-likeness (QED) is 0.513. The van der Waals surface area contributed by atoms with E-state index in [1.807, 2.05) is 5.38 Å². The Labute approximate surface area is 117 Å². The second kappa shape index (κ2) is 9.85. The number of rotatable bonds is 10. The molecule has 0 bridgehead atoms. The van der Waals surface area contributed by atoms with Gasteiger partial charge in [-0.2, -0.15) is 0 Å². The highest BCUT2D eigenvalue weighted by Gasteiger charge is 2.07. The summed E-state index contributed by atoms with van der Waals surface area (Å²) in [5.41, 5.74) is 6.24. The van der Waals surface area contributed by atoms with E-state index >= 15 is 0 Å². The number of carbonyl (C=O) groups is 1. The van der Waals surface area contributed by atoms with Crippen molar-refractivity contribution >= 4 is 17.2 Å². The van der Waals surface area contributed by atoms with Crippen molar-refractivity contribution in [2.75, 3.05) is 32.9 Å². The van der Waals surface area contributed by atoms with E-state index < -0.39 is 0 Å². The van der Waals surface area contributed by atoms with Crippen LogP contribution in [0.2, 0.25) is 0 Å². The average molecular weight is 287 g/mol. The molecule has 6 nitrogen and oxygen atoms in total. The van der Waals surface area contributed by atoms with Gasteiger partial charge in [0.15, 0.2) is 0 Å². The van der Waals surface area contributed by atoms with Crippen LogP contribution in [0.4, 0.5) is 0 Å². The van der Waals surface area contributed by atoms with Gasteiger partial charge in [-0.25, -0.2) is 4.98 Å². The van der Waals surface area contributed by atoms with Crippen molar-refractivity contribution in [2.45, 2.75) is 19.3 Å². The van der Waals surface area contributed by atoms with Crippen molar-refractivity contribution in [3.63, 3.8) is 0 Å². The Morgan fingerprint density at radius 1 is 1.53 bits per heavy atom. The van der Waals surface area contributed by atoms with E-state index in [1.54, 1.807) is 11.3 Å². The topological polar surface area (TPSA) is 97.5 Å². The molecule has 0 saturated heterocycles. The largest absolute Gasteiger partial charge is 0.394 e. The van der Waals surface area contributed by atoms with Gasteiger partial charge in [0.1, 0.15) is 0 Å². The zero-order chi connectivity index (χ0) is 13.9. The van der Waals surface area contributed by atoms with Crippen molar-refractivity contribution in [1.29, 1.82) is 0 Å². The van der Waals surface area contributed by atoms with Crippen LogP contribution in [0, 0.1) is 0 Å². The minimum atomic E-state index is -0.0664. The second-order valence-electron chi connectivity index (χ2n) is 3.99. The lowest BCUT2D eigenvalue weighted by Crippen LogP contribution is -2.29. The van der Waals surface area contributed by atoms with Crippen LogP contribution in [-0.4, -0.2) is 48.9 Å². The van der Waals surface area contributed by atoms with Crippen molar-refractivity contribution in [1.82, 2.24) is 10.3 Å². The second-order valence-corrected chi connectivity index (χ2v) is 4.93. The Hall–Kier alpha value is -1.02. The van der Waals surface area contributed by atoms with E-state index in [0.717, 1.165) is 23.5 Å². The third kappa shape index (κ3) is 7.22. The number of carbonyl (C=O) groups excluding carboxylic acids is 1. The molecule has 0 spiro atoms. The van der Waals surface area contributed by atoms with Gasteiger partial charge in [0, 0.05) is 18.3 Å². The number of nitrogens with one attached hydrogen (secondary N) is 1. The molecule has 1 amide bonds. The summed E-state index contributed by atoms with van der Waals surface area (Å²) in [6, 6.07) is 0. The van der Waals surface area contributed by atoms with Crippen molar-refractivity contribution in [2.24, 2.45) is 5.73 Å². The molecule has 7 heteroatoms. The van der Waals surface area contributed by atoms with Gasteiger partial charge in [-0.1, -0.05) is 0 Å². The Balaban J connectivity index is 2.18. The lowest BCUT2D eigenvalue weighted by atomic mass is 10.3. The Morgan fingerprint density at radius 2 is 2.37 bits per heavy atom. The molecule has 0 aliphatic heterocycles. The number of amides is 1. The molecule has 0 aliphatic rings. The van der Waals surface area contributed by atoms with Gasteiger partial charge >= 0.3 is 0 Å². The van der Waals surface area contributed by atoms with Gasteiger partial charge in [0.05, 0.1) is 36.9 Å². The van der Waals surface area contributed by atoms with E-state index in [1.165, 1.54) is 0 Å². The van der Waals surface area contributed by atoms with E-state index in [-0.39, 0.29) is 12.5 Å². The Kier molecular flexibility index (Phi) is 8.31. The number of aryl methyl sites for hydroxylation is 1. The van der Waals surface area contributed by atoms with Gasteiger partial charge in [-0.15, -0.1) is 11.3 Å². The summed E-state index contributed by atoms with van der Waals surface area (Å²) in [4.78, 5) is 16.0. The molecule has 0 saturated carbocycles. The lowest BCUT2D eigenvalue weighted by molar-refractivity contribution is -0.120. The number of ether oxygens (including phenoxy) is 1. The van der Waals surface area contributed by atoms with Crippen LogP contribution in [0.1, 0.15) is 17.1 Å². The zero-order valence-electron chi connectivity index (χ0n) is 10.9. The zero-order valence-corrected chi connectivity index (χ0v) is 11.7. The molecule has 1 aromatic rings. The summed E-state index contributed by atoms with van der Waals surface area (Å²) in [5.74, 6) is -0.0664. The molecule has 0 unspecified atom stereocenters. The number of aromatic nitrogens is 1. The van der Waals surface area contributed by atoms with Gasteiger partial charge in [0.2, 0.25) is 5.91 Å². The van der Waals surface area contributed by atoms with Crippen molar-refractivity contribution in [3.05, 3.63) is 16.1 Å². The minimum absolute atomic E-state index is 0.00164. The SMILES string of the molecule is NCCCc1nc(CC(=O)NCCOCCO)cs1. The normalized spacial score (nSPS) is 10.6. The van der Waals surface area contributed by atoms with E-state index in [0.29, 0.717) is 32.7 Å². The fourth-order valence-corrected chi connectivity index (χ4v) is 2.29. The third-order valence-corrected chi connectivity index (χ3v) is 3.30. The molecule has 0 fully saturated rings. The molecule has 1 aromatic heterocycles. The van der Waals surface area contributed by atoms with E-state index in [9.17, 15) is 4.79 Å². The number of nitrogens with two attached hydrogens (primary N) is 1. The van der Waals surface area contributed by atoms with Crippen molar-refractivity contribution in [3.8, 4) is 0 Å². The van der Waals surface area contributed by atoms with Gasteiger partial charge < -0.3 is 20.9 Å². The van der Waals surface area contributed by atoms with Gasteiger partial charge in [-0.05, 0) is 13.0 Å². The Morgan fingerprint density at radius 3 is 3.11 bits per heavy atom. The molecule has 0 aliphatic carbocycles. The molecule has 19 heavy (non-hydrogen) atoms. The predicted molar refractivity (Wildman–Crippen MR) is 74.1 cm³/mol. The van der Waals surface area contributed by atoms with Crippen LogP contribution in [0.25, 0.3) is 0 Å². The number of hydrogen-bond acceptors (Lipinski definition) is 6. The third-order valence-electron chi connectivity index (χ3n) is 2.34. The summed E-state index contributed by atoms with van der Waals surface area (Å²) in [5, 5.41) is 14.2. The summed E-state index contributed by atoms with van der Waals surface area (Å²) >= 11 is 1.57. The number of nitrogens with zero attached hydrogens (tertiary/aromatic N) is 1. The number of hydrogen-bond donors (Lipinski definition) is 3. The number of thiazole rings is 1. The predicted octanol–water partition coefficient (Wildman–Crippen LogP) is -0.298. The molecule has 1 heterocycles. The summed E-state index contributed by atoms with van der Waals surface area (Å²) in [6.07, 6.45) is 2.08. The first-order valence-corrected chi connectivity index (χ1v) is 7.23. The smallest absolute Gasteiger partial charge is 0.226 e. The van der Waals surface area contributed by atoms with Gasteiger partial charge in [-0.3, -0.25) is 4.79 Å². The standard InChI is InChI=1S/C12H21N3O3S/c13-3-1-2-12-15-10(9-19-12)8-11(17)14-4-6-18-7-5-16/h9,16H,1-8,13H2,(H,14,17). The van der Waals surface area contributed by atoms with E-state index in [4.69, 9.17) is 15.6 Å². The molecule has 0 aromatic carbocycles. The average Bonchev–Trinajstić information content (AvgIpc) is 2.83. The number of aliphatic hydroxyl groups excluding tert-OH is 1. The highest BCUT2D eigenvalue weighted by Crippen LogP contribution is 2.11. The van der Waals surface area contributed by atoms with Crippen LogP contribution in [0.5, 0.6) is 0 Å². The first-order chi connectivity index (χ1) is 9.26. The van der Waals surface area contributed by atoms with Gasteiger partial charge in [0.25, 0.3) is 0 Å². The summed E-state index contributed by atoms with van der Waals surface area (Å²) in [6.45, 7) is 1.81. The lowest BCUT2D eigenvalue weighted by Gasteiger charge is -2.04. The number of aliphatic hydroxyl groups is 1. The molecule has 108 valence electrons. The van der Waals surface area contributed by atoms with Crippen LogP contribution < -0.4 is 11.1 Å². The maximum Gasteiger partial charge on any atom is 0.226 e. The highest BCUT2D eigenvalue weighted by atomic mass is 32.1. The fraction of sp³-hybridized carbons (Fsp3) is 0.667. The molecule has 4 N–H and O–H groups in total. The highest BCUT2D eigenvalue weighted by molar-refractivity contribution is 7.09. The van der Waals surface area contributed by atoms with Crippen LogP contribution in [0.15, 0.2) is 5.38 Å². The minimum Gasteiger partial charge on any atom is -0.394 e. The molecule has 0 radical (unpaired) electrons. The monoisotopic (exact) mass is 287 g/mol. The Bertz CT molecular complexity index is 371. The fourth-order valence-electron chi connectivity index (χ4n) is 1.45. The first-order valence-electron chi connectivity index (χ1n) is 6.35. The molecule has 0 atom stereocenters. The van der Waals surface area contributed by atoms with Crippen molar-refractivity contribution < 1.29 is 14.6 Å². The maximum absolute atomic E-state index is 11.6.